The predicted octanol–water partition coefficient (Wildman–Crippen LogP) is 3.44. The minimum atomic E-state index is -0.228. The van der Waals surface area contributed by atoms with Crippen LogP contribution in [0.3, 0.4) is 0 Å². The van der Waals surface area contributed by atoms with Gasteiger partial charge in [-0.15, -0.1) is 0 Å². The number of hydrogen-bond acceptors (Lipinski definition) is 4. The Morgan fingerprint density at radius 3 is 1.35 bits per heavy atom. The molecule has 0 heterocycles. The second-order valence-electron chi connectivity index (χ2n) is 6.57. The first-order valence-electron chi connectivity index (χ1n) is 7.53. The molecule has 0 atom stereocenters. The summed E-state index contributed by atoms with van der Waals surface area (Å²) >= 11 is 0. The van der Waals surface area contributed by atoms with Crippen molar-refractivity contribution in [2.45, 2.75) is 54.4 Å². The molecule has 0 saturated heterocycles. The molecule has 0 unspecified atom stereocenters. The highest BCUT2D eigenvalue weighted by atomic mass is 16.5. The van der Waals surface area contributed by atoms with Crippen LogP contribution in [0.2, 0.25) is 0 Å². The molecule has 0 rings (SSSR count). The van der Waals surface area contributed by atoms with Crippen LogP contribution in [-0.2, 0) is 19.1 Å². The third kappa shape index (κ3) is 9.82. The Kier molecular flexibility index (Phi) is 9.26. The Morgan fingerprint density at radius 2 is 1.10 bits per heavy atom. The van der Waals surface area contributed by atoms with E-state index < -0.39 is 0 Å². The van der Waals surface area contributed by atoms with Gasteiger partial charge >= 0.3 is 11.9 Å². The molecule has 0 fully saturated rings. The van der Waals surface area contributed by atoms with E-state index in [4.69, 9.17) is 9.47 Å². The molecule has 0 radical (unpaired) electrons. The van der Waals surface area contributed by atoms with Gasteiger partial charge in [0.25, 0.3) is 0 Å². The number of carbonyl (C=O) groups is 2. The first-order chi connectivity index (χ1) is 9.22. The average Bonchev–Trinajstić information content (AvgIpc) is 2.32. The molecule has 0 aromatic rings. The van der Waals surface area contributed by atoms with Crippen molar-refractivity contribution in [3.63, 3.8) is 0 Å². The molecule has 0 aliphatic heterocycles. The number of hydrogen-bond donors (Lipinski definition) is 0. The average molecular weight is 286 g/mol. The SMILES string of the molecule is CC(C)COC(=O)CC(CC(=O)OCC(C)C)C(C)C. The van der Waals surface area contributed by atoms with Crippen LogP contribution >= 0.6 is 0 Å². The summed E-state index contributed by atoms with van der Waals surface area (Å²) < 4.78 is 10.3. The van der Waals surface area contributed by atoms with Crippen molar-refractivity contribution >= 4 is 11.9 Å². The van der Waals surface area contributed by atoms with Gasteiger partial charge < -0.3 is 9.47 Å². The van der Waals surface area contributed by atoms with Crippen LogP contribution in [0.4, 0.5) is 0 Å². The Bertz CT molecular complexity index is 269. The highest BCUT2D eigenvalue weighted by Gasteiger charge is 2.22. The number of esters is 2. The van der Waals surface area contributed by atoms with Crippen LogP contribution in [0, 0.1) is 23.7 Å². The molecule has 4 heteroatoms. The molecular formula is C16H30O4. The maximum absolute atomic E-state index is 11.7. The fraction of sp³-hybridized carbons (Fsp3) is 0.875. The van der Waals surface area contributed by atoms with Crippen LogP contribution in [-0.4, -0.2) is 25.2 Å². The van der Waals surface area contributed by atoms with Crippen molar-refractivity contribution < 1.29 is 19.1 Å². The van der Waals surface area contributed by atoms with Crippen molar-refractivity contribution in [1.29, 1.82) is 0 Å². The summed E-state index contributed by atoms with van der Waals surface area (Å²) in [7, 11) is 0. The maximum Gasteiger partial charge on any atom is 0.306 e. The Labute approximate surface area is 123 Å². The zero-order valence-electron chi connectivity index (χ0n) is 13.8. The Morgan fingerprint density at radius 1 is 0.750 bits per heavy atom. The lowest BCUT2D eigenvalue weighted by Crippen LogP contribution is -2.22. The van der Waals surface area contributed by atoms with Gasteiger partial charge in [0.05, 0.1) is 13.2 Å². The van der Waals surface area contributed by atoms with Crippen LogP contribution in [0.25, 0.3) is 0 Å². The fourth-order valence-corrected chi connectivity index (χ4v) is 1.61. The van der Waals surface area contributed by atoms with Gasteiger partial charge in [-0.05, 0) is 23.7 Å². The topological polar surface area (TPSA) is 52.6 Å². The van der Waals surface area contributed by atoms with Gasteiger partial charge in [0.1, 0.15) is 0 Å². The van der Waals surface area contributed by atoms with E-state index >= 15 is 0 Å². The number of ether oxygens (including phenoxy) is 2. The van der Waals surface area contributed by atoms with E-state index in [-0.39, 0.29) is 36.6 Å². The molecule has 118 valence electrons. The summed E-state index contributed by atoms with van der Waals surface area (Å²) in [6.45, 7) is 12.9. The normalized spacial score (nSPS) is 11.5. The first kappa shape index (κ1) is 18.9. The molecule has 0 saturated carbocycles. The highest BCUT2D eigenvalue weighted by molar-refractivity contribution is 5.73. The van der Waals surface area contributed by atoms with E-state index in [0.29, 0.717) is 25.0 Å². The molecule has 0 bridgehead atoms. The van der Waals surface area contributed by atoms with E-state index in [9.17, 15) is 9.59 Å². The van der Waals surface area contributed by atoms with Crippen molar-refractivity contribution in [2.75, 3.05) is 13.2 Å². The largest absolute Gasteiger partial charge is 0.465 e. The van der Waals surface area contributed by atoms with E-state index in [0.717, 1.165) is 0 Å². The summed E-state index contributed by atoms with van der Waals surface area (Å²) in [6, 6.07) is 0. The molecule has 4 nitrogen and oxygen atoms in total. The third-order valence-electron chi connectivity index (χ3n) is 2.96. The summed E-state index contributed by atoms with van der Waals surface area (Å²) in [5.41, 5.74) is 0. The number of carbonyl (C=O) groups excluding carboxylic acids is 2. The second-order valence-corrected chi connectivity index (χ2v) is 6.57. The quantitative estimate of drug-likeness (QED) is 0.609. The second kappa shape index (κ2) is 9.78. The summed E-state index contributed by atoms with van der Waals surface area (Å²) in [4.78, 5) is 23.5. The van der Waals surface area contributed by atoms with E-state index in [1.807, 2.05) is 41.5 Å². The van der Waals surface area contributed by atoms with Crippen molar-refractivity contribution in [3.05, 3.63) is 0 Å². The van der Waals surface area contributed by atoms with Gasteiger partial charge in [-0.25, -0.2) is 0 Å². The first-order valence-corrected chi connectivity index (χ1v) is 7.53. The number of rotatable bonds is 9. The lowest BCUT2D eigenvalue weighted by molar-refractivity contribution is -0.149. The van der Waals surface area contributed by atoms with Crippen molar-refractivity contribution in [1.82, 2.24) is 0 Å². The molecule has 0 aliphatic carbocycles. The summed E-state index contributed by atoms with van der Waals surface area (Å²) in [5.74, 6) is 0.422. The van der Waals surface area contributed by atoms with E-state index in [1.165, 1.54) is 0 Å². The van der Waals surface area contributed by atoms with Crippen molar-refractivity contribution in [2.24, 2.45) is 23.7 Å². The Hall–Kier alpha value is -1.06. The summed E-state index contributed by atoms with van der Waals surface area (Å²) in [5, 5.41) is 0. The zero-order valence-corrected chi connectivity index (χ0v) is 13.8. The van der Waals surface area contributed by atoms with Crippen LogP contribution in [0.15, 0.2) is 0 Å². The van der Waals surface area contributed by atoms with Gasteiger partial charge in [0.15, 0.2) is 0 Å². The summed E-state index contributed by atoms with van der Waals surface area (Å²) in [6.07, 6.45) is 0.558. The molecule has 0 amide bonds. The zero-order chi connectivity index (χ0) is 15.7. The van der Waals surface area contributed by atoms with Gasteiger partial charge in [-0.1, -0.05) is 41.5 Å². The minimum Gasteiger partial charge on any atom is -0.465 e. The van der Waals surface area contributed by atoms with E-state index in [2.05, 4.69) is 0 Å². The predicted molar refractivity (Wildman–Crippen MR) is 79.2 cm³/mol. The van der Waals surface area contributed by atoms with Gasteiger partial charge in [0.2, 0.25) is 0 Å². The molecule has 0 aromatic heterocycles. The standard InChI is InChI=1S/C16H30O4/c1-11(2)9-19-15(17)7-14(13(5)6)8-16(18)20-10-12(3)4/h11-14H,7-10H2,1-6H3. The molecule has 0 aromatic carbocycles. The van der Waals surface area contributed by atoms with Gasteiger partial charge in [-0.2, -0.15) is 0 Å². The Balaban J connectivity index is 4.22. The van der Waals surface area contributed by atoms with Crippen molar-refractivity contribution in [3.8, 4) is 0 Å². The molecular weight excluding hydrogens is 256 g/mol. The smallest absolute Gasteiger partial charge is 0.306 e. The van der Waals surface area contributed by atoms with Gasteiger partial charge in [-0.3, -0.25) is 9.59 Å². The monoisotopic (exact) mass is 286 g/mol. The fourth-order valence-electron chi connectivity index (χ4n) is 1.61. The lowest BCUT2D eigenvalue weighted by Gasteiger charge is -2.19. The maximum atomic E-state index is 11.7. The minimum absolute atomic E-state index is 0.0191. The third-order valence-corrected chi connectivity index (χ3v) is 2.96. The van der Waals surface area contributed by atoms with E-state index in [1.54, 1.807) is 0 Å². The highest BCUT2D eigenvalue weighted by Crippen LogP contribution is 2.21. The van der Waals surface area contributed by atoms with Crippen LogP contribution < -0.4 is 0 Å². The van der Waals surface area contributed by atoms with Crippen LogP contribution in [0.1, 0.15) is 54.4 Å². The molecule has 0 N–H and O–H groups in total. The molecule has 0 aliphatic rings. The van der Waals surface area contributed by atoms with Crippen LogP contribution in [0.5, 0.6) is 0 Å². The molecule has 0 spiro atoms. The van der Waals surface area contributed by atoms with Gasteiger partial charge in [0, 0.05) is 12.8 Å². The lowest BCUT2D eigenvalue weighted by atomic mass is 9.89. The molecule has 20 heavy (non-hydrogen) atoms.